The first-order chi connectivity index (χ1) is 20.5. The van der Waals surface area contributed by atoms with Crippen molar-refractivity contribution in [3.63, 3.8) is 0 Å². The van der Waals surface area contributed by atoms with Crippen LogP contribution in [-0.4, -0.2) is 69.4 Å². The van der Waals surface area contributed by atoms with Crippen LogP contribution in [0.25, 0.3) is 4.85 Å². The zero-order chi connectivity index (χ0) is 32.0. The van der Waals surface area contributed by atoms with Gasteiger partial charge in [0.15, 0.2) is 5.69 Å². The van der Waals surface area contributed by atoms with E-state index in [-0.39, 0.29) is 11.8 Å². The van der Waals surface area contributed by atoms with Crippen molar-refractivity contribution in [2.75, 3.05) is 31.5 Å². The molecule has 1 saturated carbocycles. The fraction of sp³-hybridized carbons (Fsp3) is 0.625. The number of benzene rings is 1. The minimum Gasteiger partial charge on any atom is -0.444 e. The predicted octanol–water partition coefficient (Wildman–Crippen LogP) is 6.65. The Balaban J connectivity index is 1.14. The molecule has 1 N–H and O–H groups in total. The maximum absolute atomic E-state index is 13.4. The Hall–Kier alpha value is -3.59. The number of nitrogens with zero attached hydrogens (tertiary/aromatic N) is 5. The number of piperidine rings is 1. The van der Waals surface area contributed by atoms with Gasteiger partial charge in [0.2, 0.25) is 0 Å². The van der Waals surface area contributed by atoms with Crippen LogP contribution in [0.3, 0.4) is 0 Å². The zero-order valence-corrected chi connectivity index (χ0v) is 25.9. The van der Waals surface area contributed by atoms with E-state index in [1.165, 1.54) is 6.07 Å². The molecule has 1 aromatic carbocycles. The molecule has 3 atom stereocenters. The van der Waals surface area contributed by atoms with Gasteiger partial charge in [-0.3, -0.25) is 9.48 Å². The molecule has 9 nitrogen and oxygen atoms in total. The molecule has 44 heavy (non-hydrogen) atoms. The Bertz CT molecular complexity index is 1420. The van der Waals surface area contributed by atoms with Crippen molar-refractivity contribution >= 4 is 23.4 Å². The summed E-state index contributed by atoms with van der Waals surface area (Å²) in [7, 11) is 0. The summed E-state index contributed by atoms with van der Waals surface area (Å²) < 4.78 is 47.3. The summed E-state index contributed by atoms with van der Waals surface area (Å²) in [6, 6.07) is 3.68. The van der Waals surface area contributed by atoms with Crippen LogP contribution >= 0.6 is 0 Å². The number of nitrogens with one attached hydrogen (secondary N) is 1. The first kappa shape index (κ1) is 31.8. The van der Waals surface area contributed by atoms with E-state index in [4.69, 9.17) is 11.3 Å². The number of carbonyl (C=O) groups is 2. The van der Waals surface area contributed by atoms with E-state index in [9.17, 15) is 22.8 Å². The van der Waals surface area contributed by atoms with Crippen molar-refractivity contribution < 1.29 is 27.5 Å². The highest BCUT2D eigenvalue weighted by atomic mass is 19.4. The number of hydrogen-bond donors (Lipinski definition) is 1. The second kappa shape index (κ2) is 11.7. The Morgan fingerprint density at radius 1 is 1.05 bits per heavy atom. The molecular formula is C32H41F3N6O3. The summed E-state index contributed by atoms with van der Waals surface area (Å²) in [6.45, 7) is 19.5. The van der Waals surface area contributed by atoms with Crippen molar-refractivity contribution in [3.8, 4) is 0 Å². The molecule has 3 heterocycles. The highest BCUT2D eigenvalue weighted by Crippen LogP contribution is 2.42. The number of hydrogen-bond acceptors (Lipinski definition) is 5. The Kier molecular flexibility index (Phi) is 8.48. The molecule has 2 aromatic rings. The van der Waals surface area contributed by atoms with Crippen molar-refractivity contribution in [1.82, 2.24) is 19.6 Å². The monoisotopic (exact) mass is 614 g/mol. The first-order valence-electron chi connectivity index (χ1n) is 15.2. The number of aromatic nitrogens is 2. The number of rotatable bonds is 5. The van der Waals surface area contributed by atoms with Gasteiger partial charge in [-0.15, -0.1) is 0 Å². The lowest BCUT2D eigenvalue weighted by atomic mass is 9.90. The van der Waals surface area contributed by atoms with Gasteiger partial charge in [-0.05, 0) is 109 Å². The molecule has 2 saturated heterocycles. The number of amides is 2. The topological polar surface area (TPSA) is 84.1 Å². The SMILES string of the molecule is [C-]#[N+]c1ccc(NC(=O)C(C)(C)n2cc(C3CCN(C4C[C@@H]5CN(C(=O)OC(C)(C)C)C[C@@H]5C4)CC3)cn2)cc1C(F)(F)F. The fourth-order valence-corrected chi connectivity index (χ4v) is 6.82. The van der Waals surface area contributed by atoms with Crippen molar-refractivity contribution in [2.24, 2.45) is 11.8 Å². The van der Waals surface area contributed by atoms with Crippen LogP contribution in [0, 0.1) is 18.4 Å². The van der Waals surface area contributed by atoms with E-state index in [0.29, 0.717) is 23.8 Å². The van der Waals surface area contributed by atoms with Gasteiger partial charge in [-0.1, -0.05) is 6.07 Å². The van der Waals surface area contributed by atoms with Gasteiger partial charge in [0.25, 0.3) is 5.91 Å². The highest BCUT2D eigenvalue weighted by Gasteiger charge is 2.45. The molecule has 2 aliphatic heterocycles. The minimum absolute atomic E-state index is 0.0313. The van der Waals surface area contributed by atoms with Crippen LogP contribution in [0.5, 0.6) is 0 Å². The normalized spacial score (nSPS) is 23.3. The number of halogens is 3. The average Bonchev–Trinajstić information content (AvgIpc) is 3.68. The van der Waals surface area contributed by atoms with Crippen LogP contribution in [-0.2, 0) is 21.2 Å². The Morgan fingerprint density at radius 2 is 1.68 bits per heavy atom. The van der Waals surface area contributed by atoms with Gasteiger partial charge in [0.1, 0.15) is 11.1 Å². The highest BCUT2D eigenvalue weighted by molar-refractivity contribution is 5.96. The predicted molar refractivity (Wildman–Crippen MR) is 159 cm³/mol. The van der Waals surface area contributed by atoms with Crippen LogP contribution < -0.4 is 5.32 Å². The molecule has 2 amide bonds. The average molecular weight is 615 g/mol. The molecule has 12 heteroatoms. The number of anilines is 1. The summed E-state index contributed by atoms with van der Waals surface area (Å²) in [5.41, 5.74) is -2.24. The van der Waals surface area contributed by atoms with Gasteiger partial charge >= 0.3 is 12.3 Å². The van der Waals surface area contributed by atoms with Crippen molar-refractivity contribution in [1.29, 1.82) is 0 Å². The number of likely N-dealkylation sites (tertiary alicyclic amines) is 2. The quantitative estimate of drug-likeness (QED) is 0.382. The second-order valence-corrected chi connectivity index (χ2v) is 13.9. The zero-order valence-electron chi connectivity index (χ0n) is 25.9. The smallest absolute Gasteiger partial charge is 0.410 e. The summed E-state index contributed by atoms with van der Waals surface area (Å²) in [6.07, 6.45) is 2.88. The third-order valence-electron chi connectivity index (χ3n) is 9.31. The molecule has 1 aliphatic carbocycles. The molecule has 3 fully saturated rings. The van der Waals surface area contributed by atoms with Crippen LogP contribution in [0.2, 0.25) is 0 Å². The summed E-state index contributed by atoms with van der Waals surface area (Å²) in [5.74, 6) is 0.825. The molecule has 0 bridgehead atoms. The lowest BCUT2D eigenvalue weighted by molar-refractivity contribution is -0.136. The van der Waals surface area contributed by atoms with Gasteiger partial charge in [-0.2, -0.15) is 18.3 Å². The second-order valence-electron chi connectivity index (χ2n) is 13.9. The van der Waals surface area contributed by atoms with E-state index in [2.05, 4.69) is 20.2 Å². The number of ether oxygens (including phenoxy) is 1. The van der Waals surface area contributed by atoms with E-state index in [1.54, 1.807) is 24.7 Å². The minimum atomic E-state index is -4.71. The molecule has 5 rings (SSSR count). The maximum atomic E-state index is 13.4. The molecule has 238 valence electrons. The number of alkyl halides is 3. The van der Waals surface area contributed by atoms with Crippen LogP contribution in [0.1, 0.15) is 77.3 Å². The molecule has 3 aliphatic rings. The van der Waals surface area contributed by atoms with E-state index in [0.717, 1.165) is 69.6 Å². The summed E-state index contributed by atoms with van der Waals surface area (Å²) in [5, 5.41) is 7.04. The standard InChI is InChI=1S/C32H41F3N6O3/c1-30(2,3)44-29(43)40-17-21-13-25(14-22(21)18-40)39-11-9-20(10-12-39)23-16-37-41(19-23)31(4,5)28(42)38-24-7-8-27(36-6)26(15-24)32(33,34)35/h7-8,15-16,19-22,25H,9-14,17-18H2,1-5H3,(H,38,42)/t21-,22+,25?. The van der Waals surface area contributed by atoms with E-state index < -0.39 is 34.5 Å². The summed E-state index contributed by atoms with van der Waals surface area (Å²) in [4.78, 5) is 33.1. The lowest BCUT2D eigenvalue weighted by Crippen LogP contribution is -2.41. The first-order valence-corrected chi connectivity index (χ1v) is 15.2. The molecule has 0 radical (unpaired) electrons. The Labute approximate surface area is 256 Å². The largest absolute Gasteiger partial charge is 0.444 e. The maximum Gasteiger partial charge on any atom is 0.410 e. The van der Waals surface area contributed by atoms with Crippen LogP contribution in [0.15, 0.2) is 30.6 Å². The molecule has 1 unspecified atom stereocenters. The van der Waals surface area contributed by atoms with E-state index in [1.807, 2.05) is 31.9 Å². The van der Waals surface area contributed by atoms with Gasteiger partial charge in [-0.25, -0.2) is 9.64 Å². The third kappa shape index (κ3) is 6.72. The van der Waals surface area contributed by atoms with Gasteiger partial charge < -0.3 is 19.9 Å². The molecule has 1 aromatic heterocycles. The molecular weight excluding hydrogens is 573 g/mol. The number of carbonyl (C=O) groups excluding carboxylic acids is 2. The molecule has 0 spiro atoms. The van der Waals surface area contributed by atoms with Gasteiger partial charge in [0, 0.05) is 31.0 Å². The summed E-state index contributed by atoms with van der Waals surface area (Å²) >= 11 is 0. The Morgan fingerprint density at radius 3 is 2.25 bits per heavy atom. The number of fused-ring (bicyclic) bond motifs is 1. The van der Waals surface area contributed by atoms with Crippen molar-refractivity contribution in [3.05, 3.63) is 53.1 Å². The third-order valence-corrected chi connectivity index (χ3v) is 9.31. The van der Waals surface area contributed by atoms with Crippen LogP contribution in [0.4, 0.5) is 29.3 Å². The van der Waals surface area contributed by atoms with Gasteiger partial charge in [0.05, 0.1) is 18.3 Å². The lowest BCUT2D eigenvalue weighted by Gasteiger charge is -2.36. The fourth-order valence-electron chi connectivity index (χ4n) is 6.82. The van der Waals surface area contributed by atoms with E-state index >= 15 is 0 Å². The van der Waals surface area contributed by atoms with Crippen molar-refractivity contribution in [2.45, 2.75) is 89.6 Å².